The lowest BCUT2D eigenvalue weighted by Gasteiger charge is -1.99. The summed E-state index contributed by atoms with van der Waals surface area (Å²) in [4.78, 5) is 21.7. The molecule has 0 saturated carbocycles. The fourth-order valence-electron chi connectivity index (χ4n) is 1.43. The van der Waals surface area contributed by atoms with Crippen LogP contribution in [0.3, 0.4) is 0 Å². The van der Waals surface area contributed by atoms with E-state index in [9.17, 15) is 9.59 Å². The summed E-state index contributed by atoms with van der Waals surface area (Å²) in [6, 6.07) is 18.6. The van der Waals surface area contributed by atoms with Gasteiger partial charge in [0.25, 0.3) is 0 Å². The van der Waals surface area contributed by atoms with Gasteiger partial charge in [-0.05, 0) is 0 Å². The van der Waals surface area contributed by atoms with Gasteiger partial charge in [-0.25, -0.2) is 0 Å². The first-order valence-corrected chi connectivity index (χ1v) is 6.10. The van der Waals surface area contributed by atoms with Gasteiger partial charge in [0.2, 0.25) is 0 Å². The van der Waals surface area contributed by atoms with E-state index in [1.165, 1.54) is 7.11 Å². The van der Waals surface area contributed by atoms with E-state index in [4.69, 9.17) is 5.73 Å². The first-order valence-electron chi connectivity index (χ1n) is 6.10. The van der Waals surface area contributed by atoms with Crippen molar-refractivity contribution < 1.29 is 14.3 Å². The molecule has 0 heterocycles. The number of carbonyl (C=O) groups is 2. The number of hydrogen-bond donors (Lipinski definition) is 1. The van der Waals surface area contributed by atoms with Crippen molar-refractivity contribution in [2.45, 2.75) is 0 Å². The minimum atomic E-state index is -0.380. The van der Waals surface area contributed by atoms with Gasteiger partial charge < -0.3 is 10.5 Å². The van der Waals surface area contributed by atoms with Crippen LogP contribution in [-0.2, 0) is 9.53 Å². The minimum absolute atomic E-state index is 0.0312. The largest absolute Gasteiger partial charge is 0.468 e. The van der Waals surface area contributed by atoms with Gasteiger partial charge in [0.05, 0.1) is 13.7 Å². The molecule has 0 spiro atoms. The summed E-state index contributed by atoms with van der Waals surface area (Å²) in [5.74, 6) is -0.304. The molecule has 0 aliphatic rings. The Labute approximate surface area is 118 Å². The number of esters is 1. The number of benzene rings is 2. The standard InChI is InChI=1S/C13H10O.C3H7NO2/c14-13(11-7-3-1-4-8-11)12-9-5-2-6-10-12;1-6-3(5)2-4/h1-10H;2,4H2,1H3. The third kappa shape index (κ3) is 5.04. The molecule has 4 nitrogen and oxygen atoms in total. The average molecular weight is 271 g/mol. The lowest BCUT2D eigenvalue weighted by Crippen LogP contribution is -2.14. The zero-order valence-electron chi connectivity index (χ0n) is 11.3. The monoisotopic (exact) mass is 271 g/mol. The molecule has 0 amide bonds. The predicted molar refractivity (Wildman–Crippen MR) is 77.4 cm³/mol. The molecule has 2 aromatic carbocycles. The van der Waals surface area contributed by atoms with Gasteiger partial charge in [0, 0.05) is 11.1 Å². The SMILES string of the molecule is COC(=O)CN.O=C(c1ccccc1)c1ccccc1. The van der Waals surface area contributed by atoms with Gasteiger partial charge in [0.1, 0.15) is 0 Å². The highest BCUT2D eigenvalue weighted by atomic mass is 16.5. The minimum Gasteiger partial charge on any atom is -0.468 e. The molecular formula is C16H17NO3. The molecule has 2 rings (SSSR count). The first kappa shape index (κ1) is 15.6. The van der Waals surface area contributed by atoms with Gasteiger partial charge in [-0.1, -0.05) is 60.7 Å². The van der Waals surface area contributed by atoms with Crippen molar-refractivity contribution in [1.82, 2.24) is 0 Å². The Hall–Kier alpha value is -2.46. The van der Waals surface area contributed by atoms with Crippen LogP contribution in [-0.4, -0.2) is 25.4 Å². The van der Waals surface area contributed by atoms with E-state index < -0.39 is 0 Å². The van der Waals surface area contributed by atoms with Gasteiger partial charge >= 0.3 is 5.97 Å². The Balaban J connectivity index is 0.000000286. The summed E-state index contributed by atoms with van der Waals surface area (Å²) in [5, 5.41) is 0. The molecule has 0 aromatic heterocycles. The molecule has 2 N–H and O–H groups in total. The van der Waals surface area contributed by atoms with Crippen LogP contribution in [0.2, 0.25) is 0 Å². The lowest BCUT2D eigenvalue weighted by molar-refractivity contribution is -0.138. The summed E-state index contributed by atoms with van der Waals surface area (Å²) in [5.41, 5.74) is 6.28. The zero-order valence-corrected chi connectivity index (χ0v) is 11.3. The number of methoxy groups -OCH3 is 1. The van der Waals surface area contributed by atoms with Crippen LogP contribution in [0.25, 0.3) is 0 Å². The van der Waals surface area contributed by atoms with Gasteiger partial charge in [-0.3, -0.25) is 9.59 Å². The average Bonchev–Trinajstić information content (AvgIpc) is 2.55. The number of ketones is 1. The van der Waals surface area contributed by atoms with E-state index in [1.54, 1.807) is 0 Å². The molecule has 4 heteroatoms. The summed E-state index contributed by atoms with van der Waals surface area (Å²) in [6.45, 7) is -0.0312. The molecule has 0 radical (unpaired) electrons. The quantitative estimate of drug-likeness (QED) is 0.685. The van der Waals surface area contributed by atoms with Crippen LogP contribution < -0.4 is 5.73 Å². The highest BCUT2D eigenvalue weighted by Gasteiger charge is 2.06. The van der Waals surface area contributed by atoms with Gasteiger partial charge in [0.15, 0.2) is 5.78 Å². The first-order chi connectivity index (χ1) is 9.69. The predicted octanol–water partition coefficient (Wildman–Crippen LogP) is 2.04. The summed E-state index contributed by atoms with van der Waals surface area (Å²) < 4.78 is 4.14. The van der Waals surface area contributed by atoms with Crippen molar-refractivity contribution in [1.29, 1.82) is 0 Å². The Kier molecular flexibility index (Phi) is 6.71. The maximum atomic E-state index is 11.8. The highest BCUT2D eigenvalue weighted by Crippen LogP contribution is 2.08. The Morgan fingerprint density at radius 3 is 1.55 bits per heavy atom. The van der Waals surface area contributed by atoms with Crippen LogP contribution >= 0.6 is 0 Å². The van der Waals surface area contributed by atoms with E-state index in [0.29, 0.717) is 0 Å². The van der Waals surface area contributed by atoms with E-state index in [0.717, 1.165) is 11.1 Å². The third-order valence-corrected chi connectivity index (χ3v) is 2.47. The van der Waals surface area contributed by atoms with Crippen molar-refractivity contribution in [3.8, 4) is 0 Å². The van der Waals surface area contributed by atoms with E-state index in [1.807, 2.05) is 60.7 Å². The molecule has 0 bridgehead atoms. The smallest absolute Gasteiger partial charge is 0.319 e. The van der Waals surface area contributed by atoms with Crippen LogP contribution in [0.4, 0.5) is 0 Å². The topological polar surface area (TPSA) is 69.4 Å². The van der Waals surface area contributed by atoms with E-state index in [2.05, 4.69) is 4.74 Å². The maximum absolute atomic E-state index is 11.8. The third-order valence-electron chi connectivity index (χ3n) is 2.47. The zero-order chi connectivity index (χ0) is 14.8. The van der Waals surface area contributed by atoms with Crippen molar-refractivity contribution in [3.05, 3.63) is 71.8 Å². The molecule has 20 heavy (non-hydrogen) atoms. The summed E-state index contributed by atoms with van der Waals surface area (Å²) in [6.07, 6.45) is 0. The van der Waals surface area contributed by atoms with Crippen LogP contribution in [0.5, 0.6) is 0 Å². The molecule has 2 aromatic rings. The van der Waals surface area contributed by atoms with Crippen molar-refractivity contribution >= 4 is 11.8 Å². The number of hydrogen-bond acceptors (Lipinski definition) is 4. The fraction of sp³-hybridized carbons (Fsp3) is 0.125. The Morgan fingerprint density at radius 2 is 1.30 bits per heavy atom. The molecule has 0 aliphatic carbocycles. The van der Waals surface area contributed by atoms with Gasteiger partial charge in [-0.2, -0.15) is 0 Å². The molecule has 0 atom stereocenters. The number of ether oxygens (including phenoxy) is 1. The molecule has 0 aliphatic heterocycles. The van der Waals surface area contributed by atoms with E-state index in [-0.39, 0.29) is 18.3 Å². The maximum Gasteiger partial charge on any atom is 0.319 e. The molecule has 0 unspecified atom stereocenters. The van der Waals surface area contributed by atoms with Crippen molar-refractivity contribution in [2.24, 2.45) is 5.73 Å². The van der Waals surface area contributed by atoms with Crippen molar-refractivity contribution in [2.75, 3.05) is 13.7 Å². The normalized spacial score (nSPS) is 9.10. The molecular weight excluding hydrogens is 254 g/mol. The molecule has 104 valence electrons. The number of rotatable bonds is 3. The van der Waals surface area contributed by atoms with Crippen LogP contribution in [0.15, 0.2) is 60.7 Å². The van der Waals surface area contributed by atoms with E-state index >= 15 is 0 Å². The Morgan fingerprint density at radius 1 is 0.900 bits per heavy atom. The second-order valence-corrected chi connectivity index (χ2v) is 3.84. The summed E-state index contributed by atoms with van der Waals surface area (Å²) >= 11 is 0. The van der Waals surface area contributed by atoms with Gasteiger partial charge in [-0.15, -0.1) is 0 Å². The molecule has 0 fully saturated rings. The van der Waals surface area contributed by atoms with Crippen molar-refractivity contribution in [3.63, 3.8) is 0 Å². The second kappa shape index (κ2) is 8.61. The summed E-state index contributed by atoms with van der Waals surface area (Å²) in [7, 11) is 1.30. The van der Waals surface area contributed by atoms with Crippen LogP contribution in [0.1, 0.15) is 15.9 Å². The van der Waals surface area contributed by atoms with Crippen LogP contribution in [0, 0.1) is 0 Å². The lowest BCUT2D eigenvalue weighted by atomic mass is 10.0. The fourth-order valence-corrected chi connectivity index (χ4v) is 1.43. The highest BCUT2D eigenvalue weighted by molar-refractivity contribution is 6.08. The Bertz CT molecular complexity index is 491. The molecule has 0 saturated heterocycles. The number of carbonyl (C=O) groups excluding carboxylic acids is 2. The second-order valence-electron chi connectivity index (χ2n) is 3.84. The number of nitrogens with two attached hydrogens (primary N) is 1.